The van der Waals surface area contributed by atoms with E-state index in [1.165, 1.54) is 0 Å². The normalized spacial score (nSPS) is 20.4. The van der Waals surface area contributed by atoms with Crippen LogP contribution in [0.25, 0.3) is 0 Å². The summed E-state index contributed by atoms with van der Waals surface area (Å²) in [5, 5.41) is 10.3. The molecule has 120 valence electrons. The van der Waals surface area contributed by atoms with Gasteiger partial charge >= 0.3 is 0 Å². The number of benzene rings is 1. The molecular formula is C16H19N5O2. The maximum atomic E-state index is 12.6. The highest BCUT2D eigenvalue weighted by Gasteiger charge is 2.35. The number of nitrogens with one attached hydrogen (secondary N) is 2. The summed E-state index contributed by atoms with van der Waals surface area (Å²) in [6.45, 7) is 1.31. The van der Waals surface area contributed by atoms with Crippen LogP contribution in [-0.2, 0) is 11.8 Å². The minimum Gasteiger partial charge on any atom is -0.366 e. The predicted octanol–water partition coefficient (Wildman–Crippen LogP) is 0.461. The van der Waals surface area contributed by atoms with Crippen LogP contribution in [0.5, 0.6) is 0 Å². The molecule has 0 saturated carbocycles. The first kappa shape index (κ1) is 15.2. The molecule has 0 unspecified atom stereocenters. The predicted molar refractivity (Wildman–Crippen MR) is 85.9 cm³/mol. The van der Waals surface area contributed by atoms with Crippen molar-refractivity contribution >= 4 is 17.5 Å². The average molecular weight is 313 g/mol. The SMILES string of the molecule is Cn1cc([C@H]2CNC[C@@H]2C(=O)Nc2ccccc2C(N)=O)cn1. The minimum absolute atomic E-state index is 0.0597. The smallest absolute Gasteiger partial charge is 0.250 e. The topological polar surface area (TPSA) is 102 Å². The summed E-state index contributed by atoms with van der Waals surface area (Å²) in [7, 11) is 1.85. The molecule has 4 N–H and O–H groups in total. The second kappa shape index (κ2) is 6.21. The van der Waals surface area contributed by atoms with E-state index >= 15 is 0 Å². The fourth-order valence-corrected chi connectivity index (χ4v) is 2.97. The Morgan fingerprint density at radius 3 is 2.83 bits per heavy atom. The van der Waals surface area contributed by atoms with Gasteiger partial charge in [-0.05, 0) is 17.7 Å². The third kappa shape index (κ3) is 3.09. The number of hydrogen-bond donors (Lipinski definition) is 3. The van der Waals surface area contributed by atoms with E-state index in [1.54, 1.807) is 35.1 Å². The first-order chi connectivity index (χ1) is 11.1. The number of primary amides is 1. The van der Waals surface area contributed by atoms with Gasteiger partial charge in [-0.3, -0.25) is 14.3 Å². The summed E-state index contributed by atoms with van der Waals surface area (Å²) < 4.78 is 1.73. The average Bonchev–Trinajstić information content (AvgIpc) is 3.15. The highest BCUT2D eigenvalue weighted by molar-refractivity contribution is 6.03. The Hall–Kier alpha value is -2.67. The third-order valence-electron chi connectivity index (χ3n) is 4.15. The van der Waals surface area contributed by atoms with Crippen LogP contribution in [-0.4, -0.2) is 34.7 Å². The fourth-order valence-electron chi connectivity index (χ4n) is 2.97. The highest BCUT2D eigenvalue weighted by atomic mass is 16.2. The van der Waals surface area contributed by atoms with Crippen LogP contribution in [0.3, 0.4) is 0 Å². The third-order valence-corrected chi connectivity index (χ3v) is 4.15. The van der Waals surface area contributed by atoms with Crippen LogP contribution in [0.4, 0.5) is 5.69 Å². The van der Waals surface area contributed by atoms with Crippen molar-refractivity contribution in [3.63, 3.8) is 0 Å². The van der Waals surface area contributed by atoms with Crippen molar-refractivity contribution in [2.75, 3.05) is 18.4 Å². The number of amides is 2. The molecule has 1 aromatic heterocycles. The zero-order valence-electron chi connectivity index (χ0n) is 12.8. The van der Waals surface area contributed by atoms with Gasteiger partial charge < -0.3 is 16.4 Å². The second-order valence-electron chi connectivity index (χ2n) is 5.72. The Bertz CT molecular complexity index is 740. The van der Waals surface area contributed by atoms with Gasteiger partial charge in [0.1, 0.15) is 0 Å². The highest BCUT2D eigenvalue weighted by Crippen LogP contribution is 2.29. The van der Waals surface area contributed by atoms with Gasteiger partial charge in [0.05, 0.1) is 23.4 Å². The van der Waals surface area contributed by atoms with E-state index in [-0.39, 0.29) is 17.7 Å². The number of carbonyl (C=O) groups excluding carboxylic acids is 2. The van der Waals surface area contributed by atoms with Crippen molar-refractivity contribution in [1.82, 2.24) is 15.1 Å². The van der Waals surface area contributed by atoms with Crippen LogP contribution in [0, 0.1) is 5.92 Å². The number of aryl methyl sites for hydroxylation is 1. The number of rotatable bonds is 4. The van der Waals surface area contributed by atoms with Gasteiger partial charge in [0.2, 0.25) is 5.91 Å². The Morgan fingerprint density at radius 2 is 2.13 bits per heavy atom. The second-order valence-corrected chi connectivity index (χ2v) is 5.72. The number of anilines is 1. The van der Waals surface area contributed by atoms with E-state index in [0.717, 1.165) is 12.1 Å². The molecule has 1 aromatic carbocycles. The van der Waals surface area contributed by atoms with Crippen molar-refractivity contribution in [2.24, 2.45) is 18.7 Å². The van der Waals surface area contributed by atoms with Gasteiger partial charge in [-0.25, -0.2) is 0 Å². The minimum atomic E-state index is -0.561. The lowest BCUT2D eigenvalue weighted by Crippen LogP contribution is -2.29. The molecule has 23 heavy (non-hydrogen) atoms. The molecule has 7 heteroatoms. The van der Waals surface area contributed by atoms with Crippen LogP contribution < -0.4 is 16.4 Å². The maximum Gasteiger partial charge on any atom is 0.250 e. The largest absolute Gasteiger partial charge is 0.366 e. The molecule has 1 fully saturated rings. The molecule has 7 nitrogen and oxygen atoms in total. The number of nitrogens with two attached hydrogens (primary N) is 1. The summed E-state index contributed by atoms with van der Waals surface area (Å²) in [5.74, 6) is -0.851. The van der Waals surface area contributed by atoms with Gasteiger partial charge in [0.25, 0.3) is 5.91 Å². The van der Waals surface area contributed by atoms with E-state index in [0.29, 0.717) is 17.8 Å². The van der Waals surface area contributed by atoms with E-state index < -0.39 is 5.91 Å². The number of aromatic nitrogens is 2. The molecule has 0 spiro atoms. The van der Waals surface area contributed by atoms with E-state index in [4.69, 9.17) is 5.73 Å². The molecule has 3 rings (SSSR count). The van der Waals surface area contributed by atoms with Crippen molar-refractivity contribution in [3.05, 3.63) is 47.8 Å². The molecule has 2 amide bonds. The van der Waals surface area contributed by atoms with E-state index in [9.17, 15) is 9.59 Å². The standard InChI is InChI=1S/C16H19N5O2/c1-21-9-10(6-19-21)12-7-18-8-13(12)16(23)20-14-5-3-2-4-11(14)15(17)22/h2-6,9,12-13,18H,7-8H2,1H3,(H2,17,22)(H,20,23)/t12-,13+/m1/s1. The Morgan fingerprint density at radius 1 is 1.35 bits per heavy atom. The molecule has 2 heterocycles. The lowest BCUT2D eigenvalue weighted by molar-refractivity contribution is -0.119. The molecule has 2 atom stereocenters. The molecular weight excluding hydrogens is 294 g/mol. The van der Waals surface area contributed by atoms with Gasteiger partial charge in [-0.2, -0.15) is 5.10 Å². The van der Waals surface area contributed by atoms with Crippen molar-refractivity contribution < 1.29 is 9.59 Å². The first-order valence-corrected chi connectivity index (χ1v) is 7.45. The summed E-state index contributed by atoms with van der Waals surface area (Å²) in [6.07, 6.45) is 3.71. The van der Waals surface area contributed by atoms with Gasteiger partial charge in [0, 0.05) is 32.3 Å². The Balaban J connectivity index is 1.79. The number of carbonyl (C=O) groups is 2. The van der Waals surface area contributed by atoms with Gasteiger partial charge in [0.15, 0.2) is 0 Å². The summed E-state index contributed by atoms with van der Waals surface area (Å²) in [4.78, 5) is 24.1. The molecule has 1 aliphatic heterocycles. The van der Waals surface area contributed by atoms with Crippen LogP contribution >= 0.6 is 0 Å². The number of para-hydroxylation sites is 1. The van der Waals surface area contributed by atoms with Crippen molar-refractivity contribution in [2.45, 2.75) is 5.92 Å². The quantitative estimate of drug-likeness (QED) is 0.763. The monoisotopic (exact) mass is 313 g/mol. The Kier molecular flexibility index (Phi) is 4.12. The lowest BCUT2D eigenvalue weighted by atomic mass is 9.90. The van der Waals surface area contributed by atoms with Gasteiger partial charge in [-0.15, -0.1) is 0 Å². The van der Waals surface area contributed by atoms with Crippen molar-refractivity contribution in [1.29, 1.82) is 0 Å². The van der Waals surface area contributed by atoms with E-state index in [2.05, 4.69) is 15.7 Å². The van der Waals surface area contributed by atoms with Gasteiger partial charge in [-0.1, -0.05) is 12.1 Å². The summed E-state index contributed by atoms with van der Waals surface area (Å²) in [5.41, 5.74) is 7.14. The summed E-state index contributed by atoms with van der Waals surface area (Å²) >= 11 is 0. The summed E-state index contributed by atoms with van der Waals surface area (Å²) in [6, 6.07) is 6.75. The maximum absolute atomic E-state index is 12.6. The fraction of sp³-hybridized carbons (Fsp3) is 0.312. The zero-order chi connectivity index (χ0) is 16.4. The molecule has 0 bridgehead atoms. The molecule has 2 aromatic rings. The van der Waals surface area contributed by atoms with Crippen LogP contribution in [0.1, 0.15) is 21.8 Å². The Labute approximate surface area is 133 Å². The van der Waals surface area contributed by atoms with Crippen molar-refractivity contribution in [3.8, 4) is 0 Å². The number of hydrogen-bond acceptors (Lipinski definition) is 4. The molecule has 0 radical (unpaired) electrons. The first-order valence-electron chi connectivity index (χ1n) is 7.45. The molecule has 1 aliphatic rings. The zero-order valence-corrected chi connectivity index (χ0v) is 12.8. The molecule has 0 aliphatic carbocycles. The van der Waals surface area contributed by atoms with E-state index in [1.807, 2.05) is 13.2 Å². The number of nitrogens with zero attached hydrogens (tertiary/aromatic N) is 2. The van der Waals surface area contributed by atoms with Crippen LogP contribution in [0.15, 0.2) is 36.7 Å². The molecule has 1 saturated heterocycles. The lowest BCUT2D eigenvalue weighted by Gasteiger charge is -2.18. The van der Waals surface area contributed by atoms with Crippen LogP contribution in [0.2, 0.25) is 0 Å².